The molecule has 3 aromatic rings. The molecule has 1 saturated carbocycles. The molecule has 0 spiro atoms. The summed E-state index contributed by atoms with van der Waals surface area (Å²) in [5, 5.41) is 3.93. The number of nitrogens with two attached hydrogens (primary N) is 1. The number of amides is 2. The van der Waals surface area contributed by atoms with Crippen molar-refractivity contribution in [1.29, 1.82) is 0 Å². The molecule has 4 unspecified atom stereocenters. The van der Waals surface area contributed by atoms with Gasteiger partial charge in [-0.25, -0.2) is 0 Å². The molecule has 1 aliphatic heterocycles. The van der Waals surface area contributed by atoms with Crippen LogP contribution in [0.5, 0.6) is 0 Å². The molecule has 4 heterocycles. The number of hydrogen-bond acceptors (Lipinski definition) is 6. The van der Waals surface area contributed by atoms with Gasteiger partial charge in [0.2, 0.25) is 17.6 Å². The summed E-state index contributed by atoms with van der Waals surface area (Å²) in [7, 11) is 0. The molecular weight excluding hydrogens is 468 g/mol. The van der Waals surface area contributed by atoms with Crippen LogP contribution in [0.1, 0.15) is 68.4 Å². The fourth-order valence-electron chi connectivity index (χ4n) is 5.41. The molecule has 34 heavy (non-hydrogen) atoms. The molecule has 6 nitrogen and oxygen atoms in total. The van der Waals surface area contributed by atoms with Gasteiger partial charge < -0.3 is 15.1 Å². The molecule has 5 rings (SSSR count). The number of primary amides is 1. The highest BCUT2D eigenvalue weighted by atomic mass is 32.1. The molecule has 2 N–H and O–H groups in total. The maximum absolute atomic E-state index is 14.1. The number of hydrogen-bond donors (Lipinski definition) is 1. The average Bonchev–Trinajstić information content (AvgIpc) is 3.51. The van der Waals surface area contributed by atoms with E-state index in [4.69, 9.17) is 10.2 Å². The first kappa shape index (κ1) is 23.1. The zero-order valence-corrected chi connectivity index (χ0v) is 21.1. The Morgan fingerprint density at radius 2 is 1.62 bits per heavy atom. The molecule has 2 aliphatic rings. The molecule has 4 atom stereocenters. The van der Waals surface area contributed by atoms with E-state index in [1.54, 1.807) is 24.0 Å². The Bertz CT molecular complexity index is 1250. The summed E-state index contributed by atoms with van der Waals surface area (Å²) >= 11 is 3.03. The third kappa shape index (κ3) is 3.64. The summed E-state index contributed by atoms with van der Waals surface area (Å²) in [4.78, 5) is 44.6. The van der Waals surface area contributed by atoms with Crippen LogP contribution in [0.4, 0.5) is 0 Å². The second-order valence-electron chi connectivity index (χ2n) is 9.43. The van der Waals surface area contributed by atoms with Gasteiger partial charge in [-0.3, -0.25) is 14.4 Å². The Morgan fingerprint density at radius 3 is 2.09 bits per heavy atom. The number of aryl methyl sites for hydroxylation is 3. The quantitative estimate of drug-likeness (QED) is 0.478. The molecule has 8 heteroatoms. The molecular formula is C26H28N2O4S2. The summed E-state index contributed by atoms with van der Waals surface area (Å²) in [6, 6.07) is 5.95. The van der Waals surface area contributed by atoms with Crippen molar-refractivity contribution in [1.82, 2.24) is 4.90 Å². The van der Waals surface area contributed by atoms with E-state index in [9.17, 15) is 14.4 Å². The predicted octanol–water partition coefficient (Wildman–Crippen LogP) is 5.15. The summed E-state index contributed by atoms with van der Waals surface area (Å²) in [5.41, 5.74) is 8.03. The third-order valence-corrected chi connectivity index (χ3v) is 9.54. The Hall–Kier alpha value is -2.71. The minimum atomic E-state index is -0.901. The SMILES string of the molecule is Cc1ccc(C(=O)C2C(c3sccc3C)C(C(N)=O)N(C(=O)C3CCC3)C2c2sccc2C)o1. The molecule has 2 fully saturated rings. The van der Waals surface area contributed by atoms with Gasteiger partial charge in [-0.1, -0.05) is 6.42 Å². The maximum atomic E-state index is 14.1. The van der Waals surface area contributed by atoms with Crippen molar-refractivity contribution < 1.29 is 18.8 Å². The molecule has 0 bridgehead atoms. The van der Waals surface area contributed by atoms with E-state index in [2.05, 4.69) is 0 Å². The topological polar surface area (TPSA) is 93.6 Å². The van der Waals surface area contributed by atoms with Crippen LogP contribution in [0.2, 0.25) is 0 Å². The zero-order chi connectivity index (χ0) is 24.1. The van der Waals surface area contributed by atoms with Crippen molar-refractivity contribution in [3.8, 4) is 0 Å². The van der Waals surface area contributed by atoms with Crippen LogP contribution >= 0.6 is 22.7 Å². The second kappa shape index (κ2) is 8.82. The van der Waals surface area contributed by atoms with Crippen LogP contribution in [0.3, 0.4) is 0 Å². The number of ketones is 1. The molecule has 2 amide bonds. The van der Waals surface area contributed by atoms with Gasteiger partial charge in [0.1, 0.15) is 11.8 Å². The molecule has 3 aromatic heterocycles. The molecule has 1 saturated heterocycles. The van der Waals surface area contributed by atoms with E-state index in [0.717, 1.165) is 40.1 Å². The number of thiophene rings is 2. The van der Waals surface area contributed by atoms with Crippen LogP contribution in [-0.2, 0) is 9.59 Å². The van der Waals surface area contributed by atoms with E-state index in [1.807, 2.05) is 36.7 Å². The van der Waals surface area contributed by atoms with Crippen LogP contribution in [0.25, 0.3) is 0 Å². The summed E-state index contributed by atoms with van der Waals surface area (Å²) in [6.07, 6.45) is 2.60. The van der Waals surface area contributed by atoms with E-state index < -0.39 is 29.8 Å². The van der Waals surface area contributed by atoms with Gasteiger partial charge in [-0.2, -0.15) is 0 Å². The number of carbonyl (C=O) groups is 3. The van der Waals surface area contributed by atoms with Gasteiger partial charge in [0.05, 0.1) is 12.0 Å². The van der Waals surface area contributed by atoms with Crippen molar-refractivity contribution >= 4 is 40.3 Å². The average molecular weight is 497 g/mol. The van der Waals surface area contributed by atoms with Crippen LogP contribution < -0.4 is 5.73 Å². The van der Waals surface area contributed by atoms with Crippen molar-refractivity contribution in [2.75, 3.05) is 0 Å². The molecule has 178 valence electrons. The number of carbonyl (C=O) groups excluding carboxylic acids is 3. The van der Waals surface area contributed by atoms with Gasteiger partial charge in [-0.05, 0) is 79.8 Å². The number of nitrogens with zero attached hydrogens (tertiary/aromatic N) is 1. The number of rotatable bonds is 6. The Balaban J connectivity index is 1.74. The largest absolute Gasteiger partial charge is 0.458 e. The van der Waals surface area contributed by atoms with Crippen LogP contribution in [0.15, 0.2) is 39.4 Å². The Morgan fingerprint density at radius 1 is 0.971 bits per heavy atom. The van der Waals surface area contributed by atoms with Gasteiger partial charge >= 0.3 is 0 Å². The van der Waals surface area contributed by atoms with Crippen LogP contribution in [0, 0.1) is 32.6 Å². The van der Waals surface area contributed by atoms with Gasteiger partial charge in [0.15, 0.2) is 5.76 Å². The fraction of sp³-hybridized carbons (Fsp3) is 0.423. The smallest absolute Gasteiger partial charge is 0.240 e. The fourth-order valence-corrected chi connectivity index (χ4v) is 7.59. The highest BCUT2D eigenvalue weighted by Crippen LogP contribution is 2.55. The summed E-state index contributed by atoms with van der Waals surface area (Å²) < 4.78 is 5.76. The maximum Gasteiger partial charge on any atom is 0.240 e. The minimum Gasteiger partial charge on any atom is -0.458 e. The molecule has 0 aromatic carbocycles. The molecule has 0 radical (unpaired) electrons. The van der Waals surface area contributed by atoms with Gasteiger partial charge in [-0.15, -0.1) is 22.7 Å². The summed E-state index contributed by atoms with van der Waals surface area (Å²) in [6.45, 7) is 5.76. The van der Waals surface area contributed by atoms with E-state index >= 15 is 0 Å². The van der Waals surface area contributed by atoms with E-state index in [1.165, 1.54) is 22.7 Å². The van der Waals surface area contributed by atoms with Crippen molar-refractivity contribution in [2.45, 2.75) is 58.0 Å². The van der Waals surface area contributed by atoms with Gasteiger partial charge in [0, 0.05) is 21.6 Å². The zero-order valence-electron chi connectivity index (χ0n) is 19.4. The second-order valence-corrected chi connectivity index (χ2v) is 11.3. The van der Waals surface area contributed by atoms with Gasteiger partial charge in [0.25, 0.3) is 0 Å². The third-order valence-electron chi connectivity index (χ3n) is 7.33. The standard InChI is InChI=1S/C26H28N2O4S2/c1-13-9-11-33-23(13)19-18(22(29)17-8-7-15(3)32-17)20(24-14(2)10-12-34-24)28(21(19)25(27)30)26(31)16-5-4-6-16/h7-12,16,18-21H,4-6H2,1-3H3,(H2,27,30). The highest BCUT2D eigenvalue weighted by molar-refractivity contribution is 7.10. The lowest BCUT2D eigenvalue weighted by molar-refractivity contribution is -0.145. The minimum absolute atomic E-state index is 0.0713. The first-order chi connectivity index (χ1) is 16.3. The number of likely N-dealkylation sites (tertiary alicyclic amines) is 1. The van der Waals surface area contributed by atoms with E-state index in [-0.39, 0.29) is 23.4 Å². The van der Waals surface area contributed by atoms with Crippen molar-refractivity contribution in [3.05, 3.63) is 67.4 Å². The predicted molar refractivity (Wildman–Crippen MR) is 132 cm³/mol. The first-order valence-corrected chi connectivity index (χ1v) is 13.4. The lowest BCUT2D eigenvalue weighted by atomic mass is 9.80. The summed E-state index contributed by atoms with van der Waals surface area (Å²) in [5.74, 6) is -1.29. The van der Waals surface area contributed by atoms with Crippen molar-refractivity contribution in [2.24, 2.45) is 17.6 Å². The monoisotopic (exact) mass is 496 g/mol. The number of furan rings is 1. The first-order valence-electron chi connectivity index (χ1n) is 11.6. The lowest BCUT2D eigenvalue weighted by Gasteiger charge is -2.36. The van der Waals surface area contributed by atoms with Crippen molar-refractivity contribution in [3.63, 3.8) is 0 Å². The highest BCUT2D eigenvalue weighted by Gasteiger charge is 2.59. The van der Waals surface area contributed by atoms with Crippen LogP contribution in [-0.4, -0.2) is 28.5 Å². The molecule has 1 aliphatic carbocycles. The van der Waals surface area contributed by atoms with E-state index in [0.29, 0.717) is 5.76 Å². The Labute approximate surface area is 206 Å². The number of Topliss-reactive ketones (excluding diaryl/α,β-unsaturated/α-hetero) is 1. The normalized spacial score (nSPS) is 24.9. The lowest BCUT2D eigenvalue weighted by Crippen LogP contribution is -2.49. The Kier molecular flexibility index (Phi) is 5.98.